The number of pyridine rings is 1. The SMILES string of the molecule is COc1nc2cc(Br)ccc2cc1C#N. The van der Waals surface area contributed by atoms with Crippen molar-refractivity contribution >= 4 is 26.8 Å². The highest BCUT2D eigenvalue weighted by atomic mass is 79.9. The van der Waals surface area contributed by atoms with Crippen molar-refractivity contribution < 1.29 is 4.74 Å². The van der Waals surface area contributed by atoms with Crippen molar-refractivity contribution in [2.45, 2.75) is 0 Å². The standard InChI is InChI=1S/C11H7BrN2O/c1-15-11-8(6-13)4-7-2-3-9(12)5-10(7)14-11/h2-5H,1H3. The van der Waals surface area contributed by atoms with E-state index in [-0.39, 0.29) is 0 Å². The first-order valence-corrected chi connectivity index (χ1v) is 5.08. The number of aromatic nitrogens is 1. The Morgan fingerprint density at radius 2 is 2.20 bits per heavy atom. The van der Waals surface area contributed by atoms with Gasteiger partial charge in [0.2, 0.25) is 5.88 Å². The van der Waals surface area contributed by atoms with Crippen molar-refractivity contribution in [3.63, 3.8) is 0 Å². The number of nitriles is 1. The minimum atomic E-state index is 0.364. The zero-order valence-electron chi connectivity index (χ0n) is 7.99. The maximum Gasteiger partial charge on any atom is 0.231 e. The number of rotatable bonds is 1. The fourth-order valence-electron chi connectivity index (χ4n) is 1.36. The molecule has 74 valence electrons. The van der Waals surface area contributed by atoms with E-state index in [0.29, 0.717) is 11.4 Å². The van der Waals surface area contributed by atoms with Gasteiger partial charge in [-0.2, -0.15) is 5.26 Å². The van der Waals surface area contributed by atoms with Crippen molar-refractivity contribution in [1.82, 2.24) is 4.98 Å². The van der Waals surface area contributed by atoms with E-state index in [1.807, 2.05) is 18.2 Å². The summed E-state index contributed by atoms with van der Waals surface area (Å²) in [5.41, 5.74) is 1.26. The molecule has 0 aliphatic heterocycles. The number of benzene rings is 1. The number of halogens is 1. The largest absolute Gasteiger partial charge is 0.480 e. The molecule has 3 nitrogen and oxygen atoms in total. The molecule has 15 heavy (non-hydrogen) atoms. The van der Waals surface area contributed by atoms with E-state index in [4.69, 9.17) is 10.00 Å². The molecule has 2 rings (SSSR count). The van der Waals surface area contributed by atoms with Crippen LogP contribution in [-0.2, 0) is 0 Å². The van der Waals surface area contributed by atoms with Gasteiger partial charge < -0.3 is 4.74 Å². The van der Waals surface area contributed by atoms with Gasteiger partial charge in [-0.15, -0.1) is 0 Å². The molecule has 0 aliphatic carbocycles. The number of hydrogen-bond donors (Lipinski definition) is 0. The summed E-state index contributed by atoms with van der Waals surface area (Å²) in [5, 5.41) is 9.81. The smallest absolute Gasteiger partial charge is 0.231 e. The van der Waals surface area contributed by atoms with Crippen molar-refractivity contribution in [3.8, 4) is 11.9 Å². The van der Waals surface area contributed by atoms with E-state index < -0.39 is 0 Å². The van der Waals surface area contributed by atoms with Crippen LogP contribution >= 0.6 is 15.9 Å². The summed E-state index contributed by atoms with van der Waals surface area (Å²) >= 11 is 3.37. The van der Waals surface area contributed by atoms with Gasteiger partial charge in [-0.3, -0.25) is 0 Å². The number of hydrogen-bond acceptors (Lipinski definition) is 3. The lowest BCUT2D eigenvalue weighted by molar-refractivity contribution is 0.398. The third-order valence-electron chi connectivity index (χ3n) is 2.06. The lowest BCUT2D eigenvalue weighted by Gasteiger charge is -2.04. The van der Waals surface area contributed by atoms with Crippen LogP contribution in [0.1, 0.15) is 5.56 Å². The number of nitrogens with zero attached hydrogens (tertiary/aromatic N) is 2. The molecule has 0 bridgehead atoms. The molecule has 0 fully saturated rings. The first-order valence-electron chi connectivity index (χ1n) is 4.29. The lowest BCUT2D eigenvalue weighted by Crippen LogP contribution is -1.92. The number of fused-ring (bicyclic) bond motifs is 1. The molecular formula is C11H7BrN2O. The van der Waals surface area contributed by atoms with Crippen LogP contribution in [0.2, 0.25) is 0 Å². The van der Waals surface area contributed by atoms with E-state index in [0.717, 1.165) is 15.4 Å². The summed E-state index contributed by atoms with van der Waals surface area (Å²) in [7, 11) is 1.51. The molecule has 0 N–H and O–H groups in total. The summed E-state index contributed by atoms with van der Waals surface area (Å²) in [5.74, 6) is 0.364. The highest BCUT2D eigenvalue weighted by Crippen LogP contribution is 2.23. The number of ether oxygens (including phenoxy) is 1. The van der Waals surface area contributed by atoms with Crippen molar-refractivity contribution in [2.75, 3.05) is 7.11 Å². The van der Waals surface area contributed by atoms with Crippen LogP contribution in [-0.4, -0.2) is 12.1 Å². The Bertz CT molecular complexity index is 560. The monoisotopic (exact) mass is 262 g/mol. The van der Waals surface area contributed by atoms with Crippen LogP contribution in [0.4, 0.5) is 0 Å². The molecule has 4 heteroatoms. The molecule has 0 atom stereocenters. The second-order valence-corrected chi connectivity index (χ2v) is 3.91. The normalized spacial score (nSPS) is 9.93. The fraction of sp³-hybridized carbons (Fsp3) is 0.0909. The molecule has 2 aromatic rings. The van der Waals surface area contributed by atoms with Crippen LogP contribution < -0.4 is 4.74 Å². The Labute approximate surface area is 95.4 Å². The molecule has 0 radical (unpaired) electrons. The zero-order chi connectivity index (χ0) is 10.8. The predicted octanol–water partition coefficient (Wildman–Crippen LogP) is 2.88. The maximum absolute atomic E-state index is 8.88. The molecule has 0 spiro atoms. The van der Waals surface area contributed by atoms with Gasteiger partial charge >= 0.3 is 0 Å². The van der Waals surface area contributed by atoms with Crippen molar-refractivity contribution in [1.29, 1.82) is 5.26 Å². The van der Waals surface area contributed by atoms with Crippen LogP contribution in [0.3, 0.4) is 0 Å². The van der Waals surface area contributed by atoms with E-state index in [2.05, 4.69) is 27.0 Å². The van der Waals surface area contributed by atoms with Gasteiger partial charge in [0.05, 0.1) is 12.6 Å². The first kappa shape index (κ1) is 9.94. The van der Waals surface area contributed by atoms with Gasteiger partial charge in [0.1, 0.15) is 11.6 Å². The first-order chi connectivity index (χ1) is 7.24. The molecule has 0 aliphatic rings. The van der Waals surface area contributed by atoms with Gasteiger partial charge in [0.25, 0.3) is 0 Å². The lowest BCUT2D eigenvalue weighted by atomic mass is 10.1. The van der Waals surface area contributed by atoms with Crippen LogP contribution in [0.5, 0.6) is 5.88 Å². The Morgan fingerprint density at radius 1 is 1.40 bits per heavy atom. The molecular weight excluding hydrogens is 256 g/mol. The average Bonchev–Trinajstić information content (AvgIpc) is 2.27. The van der Waals surface area contributed by atoms with E-state index in [1.165, 1.54) is 7.11 Å². The third-order valence-corrected chi connectivity index (χ3v) is 2.55. The average molecular weight is 263 g/mol. The van der Waals surface area contributed by atoms with Crippen LogP contribution in [0.15, 0.2) is 28.7 Å². The van der Waals surface area contributed by atoms with Gasteiger partial charge in [0.15, 0.2) is 0 Å². The minimum Gasteiger partial charge on any atom is -0.480 e. The summed E-state index contributed by atoms with van der Waals surface area (Å²) in [6, 6.07) is 9.54. The molecule has 1 aromatic heterocycles. The quantitative estimate of drug-likeness (QED) is 0.794. The van der Waals surface area contributed by atoms with Crippen LogP contribution in [0.25, 0.3) is 10.9 Å². The summed E-state index contributed by atoms with van der Waals surface area (Å²) in [6.07, 6.45) is 0. The highest BCUT2D eigenvalue weighted by molar-refractivity contribution is 9.10. The number of methoxy groups -OCH3 is 1. The topological polar surface area (TPSA) is 45.9 Å². The van der Waals surface area contributed by atoms with Gasteiger partial charge in [-0.25, -0.2) is 4.98 Å². The summed E-state index contributed by atoms with van der Waals surface area (Å²) in [6.45, 7) is 0. The van der Waals surface area contributed by atoms with Crippen molar-refractivity contribution in [3.05, 3.63) is 34.3 Å². The van der Waals surface area contributed by atoms with Crippen LogP contribution in [0, 0.1) is 11.3 Å². The van der Waals surface area contributed by atoms with Crippen molar-refractivity contribution in [2.24, 2.45) is 0 Å². The maximum atomic E-state index is 8.88. The van der Waals surface area contributed by atoms with E-state index in [1.54, 1.807) is 6.07 Å². The molecule has 1 heterocycles. The summed E-state index contributed by atoms with van der Waals surface area (Å²) < 4.78 is 5.99. The Morgan fingerprint density at radius 3 is 2.87 bits per heavy atom. The molecule has 0 saturated heterocycles. The minimum absolute atomic E-state index is 0.364. The van der Waals surface area contributed by atoms with E-state index in [9.17, 15) is 0 Å². The molecule has 0 saturated carbocycles. The fourth-order valence-corrected chi connectivity index (χ4v) is 1.71. The van der Waals surface area contributed by atoms with Gasteiger partial charge in [0, 0.05) is 9.86 Å². The second kappa shape index (κ2) is 3.87. The highest BCUT2D eigenvalue weighted by Gasteiger charge is 2.06. The zero-order valence-corrected chi connectivity index (χ0v) is 9.58. The van der Waals surface area contributed by atoms with Gasteiger partial charge in [-0.1, -0.05) is 22.0 Å². The van der Waals surface area contributed by atoms with E-state index >= 15 is 0 Å². The Kier molecular flexibility index (Phi) is 2.57. The second-order valence-electron chi connectivity index (χ2n) is 2.99. The Balaban J connectivity index is 2.77. The molecule has 0 amide bonds. The molecule has 1 aromatic carbocycles. The third kappa shape index (κ3) is 1.79. The van der Waals surface area contributed by atoms with Gasteiger partial charge in [-0.05, 0) is 18.2 Å². The summed E-state index contributed by atoms with van der Waals surface area (Å²) in [4.78, 5) is 4.25. The Hall–Kier alpha value is -1.60. The predicted molar refractivity (Wildman–Crippen MR) is 60.7 cm³/mol. The molecule has 0 unspecified atom stereocenters.